The van der Waals surface area contributed by atoms with Crippen LogP contribution in [0.15, 0.2) is 24.4 Å². The van der Waals surface area contributed by atoms with Crippen LogP contribution in [-0.4, -0.2) is 26.5 Å². The van der Waals surface area contributed by atoms with Crippen LogP contribution in [0.2, 0.25) is 0 Å². The number of nitrogens with one attached hydrogen (secondary N) is 1. The zero-order valence-corrected chi connectivity index (χ0v) is 9.36. The zero-order valence-electron chi connectivity index (χ0n) is 7.77. The number of carbonyl (C=O) groups is 1. The highest BCUT2D eigenvalue weighted by atomic mass is 79.9. The van der Waals surface area contributed by atoms with Gasteiger partial charge in [-0.15, -0.1) is 0 Å². The van der Waals surface area contributed by atoms with Gasteiger partial charge >= 0.3 is 0 Å². The summed E-state index contributed by atoms with van der Waals surface area (Å²) in [5, 5.41) is 3.20. The molecular formula is C10H8BrN3O. The number of hydrogen-bond donors (Lipinski definition) is 1. The molecule has 1 aliphatic heterocycles. The van der Waals surface area contributed by atoms with Crippen molar-refractivity contribution in [3.63, 3.8) is 0 Å². The van der Waals surface area contributed by atoms with Gasteiger partial charge in [-0.25, -0.2) is 4.98 Å². The Kier molecular flexibility index (Phi) is 1.82. The second kappa shape index (κ2) is 3.06. The lowest BCUT2D eigenvalue weighted by Gasteiger charge is -2.16. The molecule has 0 aliphatic carbocycles. The van der Waals surface area contributed by atoms with Crippen molar-refractivity contribution in [3.8, 4) is 0 Å². The Balaban J connectivity index is 2.31. The van der Waals surface area contributed by atoms with Gasteiger partial charge < -0.3 is 5.32 Å². The van der Waals surface area contributed by atoms with Gasteiger partial charge in [0.25, 0.3) is 0 Å². The van der Waals surface area contributed by atoms with E-state index in [1.165, 1.54) is 0 Å². The fourth-order valence-electron chi connectivity index (χ4n) is 1.76. The van der Waals surface area contributed by atoms with Crippen molar-refractivity contribution in [1.82, 2.24) is 9.38 Å². The summed E-state index contributed by atoms with van der Waals surface area (Å²) in [7, 11) is 0. The minimum absolute atomic E-state index is 0.0486. The number of nitrogens with zero attached hydrogens (tertiary/aromatic N) is 2. The van der Waals surface area contributed by atoms with E-state index in [1.54, 1.807) is 0 Å². The third-order valence-electron chi connectivity index (χ3n) is 2.50. The van der Waals surface area contributed by atoms with E-state index in [-0.39, 0.29) is 10.6 Å². The van der Waals surface area contributed by atoms with Gasteiger partial charge in [-0.05, 0) is 12.1 Å². The highest BCUT2D eigenvalue weighted by molar-refractivity contribution is 9.10. The largest absolute Gasteiger partial charge is 0.368 e. The van der Waals surface area contributed by atoms with Crippen molar-refractivity contribution in [3.05, 3.63) is 30.1 Å². The van der Waals surface area contributed by atoms with E-state index < -0.39 is 0 Å². The standard InChI is InChI=1S/C10H8BrN3O/c11-6-5-12-10-8(9(6)15)13-7-3-1-2-4-14(7)10/h1-4,6,12H,5H2. The lowest BCUT2D eigenvalue weighted by Crippen LogP contribution is -2.30. The molecule has 3 rings (SSSR count). The second-order valence-electron chi connectivity index (χ2n) is 3.45. The number of imidazole rings is 1. The molecule has 0 radical (unpaired) electrons. The highest BCUT2D eigenvalue weighted by Gasteiger charge is 2.29. The number of anilines is 1. The summed E-state index contributed by atoms with van der Waals surface area (Å²) in [6, 6.07) is 5.71. The first kappa shape index (κ1) is 8.91. The van der Waals surface area contributed by atoms with Crippen molar-refractivity contribution in [2.75, 3.05) is 11.9 Å². The molecule has 1 atom stereocenters. The first-order valence-corrected chi connectivity index (χ1v) is 5.58. The summed E-state index contributed by atoms with van der Waals surface area (Å²) < 4.78 is 1.89. The molecule has 4 nitrogen and oxygen atoms in total. The summed E-state index contributed by atoms with van der Waals surface area (Å²) in [6.45, 7) is 0.606. The van der Waals surface area contributed by atoms with Crippen molar-refractivity contribution >= 4 is 33.2 Å². The second-order valence-corrected chi connectivity index (χ2v) is 4.56. The van der Waals surface area contributed by atoms with E-state index in [9.17, 15) is 4.79 Å². The summed E-state index contributed by atoms with van der Waals surface area (Å²) in [5.74, 6) is 0.846. The van der Waals surface area contributed by atoms with Crippen molar-refractivity contribution < 1.29 is 4.79 Å². The van der Waals surface area contributed by atoms with Crippen LogP contribution >= 0.6 is 15.9 Å². The number of Topliss-reactive ketones (excluding diaryl/α,β-unsaturated/α-hetero) is 1. The molecule has 76 valence electrons. The maximum Gasteiger partial charge on any atom is 0.200 e. The van der Waals surface area contributed by atoms with E-state index in [4.69, 9.17) is 0 Å². The lowest BCUT2D eigenvalue weighted by atomic mass is 10.1. The molecule has 0 spiro atoms. The smallest absolute Gasteiger partial charge is 0.200 e. The van der Waals surface area contributed by atoms with Crippen LogP contribution in [0.4, 0.5) is 5.82 Å². The molecule has 1 N–H and O–H groups in total. The number of ketones is 1. The molecule has 0 aromatic carbocycles. The van der Waals surface area contributed by atoms with Crippen LogP contribution in [0.3, 0.4) is 0 Å². The van der Waals surface area contributed by atoms with Crippen molar-refractivity contribution in [2.24, 2.45) is 0 Å². The number of fused-ring (bicyclic) bond motifs is 3. The van der Waals surface area contributed by atoms with Gasteiger partial charge in [0.2, 0.25) is 0 Å². The van der Waals surface area contributed by atoms with Gasteiger partial charge in [0, 0.05) is 12.7 Å². The van der Waals surface area contributed by atoms with Gasteiger partial charge in [-0.1, -0.05) is 22.0 Å². The van der Waals surface area contributed by atoms with Gasteiger partial charge in [-0.2, -0.15) is 0 Å². The Labute approximate surface area is 94.4 Å². The number of pyridine rings is 1. The normalized spacial score (nSPS) is 20.1. The molecule has 15 heavy (non-hydrogen) atoms. The quantitative estimate of drug-likeness (QED) is 0.738. The highest BCUT2D eigenvalue weighted by Crippen LogP contribution is 2.25. The molecule has 3 heterocycles. The van der Waals surface area contributed by atoms with E-state index in [0.29, 0.717) is 12.2 Å². The third-order valence-corrected chi connectivity index (χ3v) is 3.24. The zero-order chi connectivity index (χ0) is 10.4. The summed E-state index contributed by atoms with van der Waals surface area (Å²) >= 11 is 3.32. The van der Waals surface area contributed by atoms with Crippen molar-refractivity contribution in [1.29, 1.82) is 0 Å². The Bertz CT molecular complexity index is 549. The number of halogens is 1. The average molecular weight is 266 g/mol. The summed E-state index contributed by atoms with van der Waals surface area (Å²) in [4.78, 5) is 16.0. The van der Waals surface area contributed by atoms with Crippen LogP contribution in [0.1, 0.15) is 10.5 Å². The van der Waals surface area contributed by atoms with Crippen LogP contribution in [-0.2, 0) is 0 Å². The Morgan fingerprint density at radius 1 is 1.53 bits per heavy atom. The summed E-state index contributed by atoms with van der Waals surface area (Å²) in [5.41, 5.74) is 1.32. The fourth-order valence-corrected chi connectivity index (χ4v) is 2.14. The SMILES string of the molecule is O=C1c2nc3ccccn3c2NCC1Br. The maximum absolute atomic E-state index is 11.8. The van der Waals surface area contributed by atoms with Gasteiger partial charge in [0.05, 0.1) is 4.83 Å². The van der Waals surface area contributed by atoms with Crippen LogP contribution in [0.25, 0.3) is 5.65 Å². The van der Waals surface area contributed by atoms with Crippen LogP contribution in [0, 0.1) is 0 Å². The Hall–Kier alpha value is -1.36. The van der Waals surface area contributed by atoms with Gasteiger partial charge in [0.1, 0.15) is 11.5 Å². The molecule has 0 fully saturated rings. The lowest BCUT2D eigenvalue weighted by molar-refractivity contribution is 0.0987. The number of hydrogen-bond acceptors (Lipinski definition) is 3. The van der Waals surface area contributed by atoms with E-state index in [2.05, 4.69) is 26.2 Å². The molecule has 2 aromatic heterocycles. The predicted molar refractivity (Wildman–Crippen MR) is 60.7 cm³/mol. The van der Waals surface area contributed by atoms with Gasteiger partial charge in [-0.3, -0.25) is 9.20 Å². The number of aromatic nitrogens is 2. The monoisotopic (exact) mass is 265 g/mol. The predicted octanol–water partition coefficient (Wildman–Crippen LogP) is 1.71. The van der Waals surface area contributed by atoms with Crippen LogP contribution < -0.4 is 5.32 Å². The first-order valence-electron chi connectivity index (χ1n) is 4.66. The maximum atomic E-state index is 11.8. The minimum Gasteiger partial charge on any atom is -0.368 e. The minimum atomic E-state index is -0.171. The van der Waals surface area contributed by atoms with E-state index in [1.807, 2.05) is 28.8 Å². The molecule has 1 unspecified atom stereocenters. The molecule has 0 saturated carbocycles. The number of rotatable bonds is 0. The Morgan fingerprint density at radius 2 is 2.40 bits per heavy atom. The van der Waals surface area contributed by atoms with Crippen molar-refractivity contribution in [2.45, 2.75) is 4.83 Å². The molecule has 1 aliphatic rings. The van der Waals surface area contributed by atoms with E-state index >= 15 is 0 Å². The topological polar surface area (TPSA) is 46.4 Å². The first-order chi connectivity index (χ1) is 7.27. The Morgan fingerprint density at radius 3 is 3.27 bits per heavy atom. The summed E-state index contributed by atoms with van der Waals surface area (Å²) in [6.07, 6.45) is 1.90. The van der Waals surface area contributed by atoms with Gasteiger partial charge in [0.15, 0.2) is 11.5 Å². The average Bonchev–Trinajstić information content (AvgIpc) is 2.63. The number of alkyl halides is 1. The molecular weight excluding hydrogens is 258 g/mol. The molecule has 0 amide bonds. The van der Waals surface area contributed by atoms with E-state index in [0.717, 1.165) is 11.5 Å². The number of carbonyl (C=O) groups excluding carboxylic acids is 1. The molecule has 2 aromatic rings. The molecule has 5 heteroatoms. The fraction of sp³-hybridized carbons (Fsp3) is 0.200. The third kappa shape index (κ3) is 1.19. The molecule has 0 saturated heterocycles. The molecule has 0 bridgehead atoms. The van der Waals surface area contributed by atoms with Crippen LogP contribution in [0.5, 0.6) is 0 Å².